The van der Waals surface area contributed by atoms with E-state index in [4.69, 9.17) is 0 Å². The van der Waals surface area contributed by atoms with E-state index >= 15 is 0 Å². The first-order valence-electron chi connectivity index (χ1n) is 11.6. The maximum absolute atomic E-state index is 12.0. The van der Waals surface area contributed by atoms with Gasteiger partial charge in [-0.25, -0.2) is 13.1 Å². The van der Waals surface area contributed by atoms with Crippen molar-refractivity contribution in [2.24, 2.45) is 17.8 Å². The first-order chi connectivity index (χ1) is 13.8. The van der Waals surface area contributed by atoms with Crippen LogP contribution in [0.3, 0.4) is 0 Å². The van der Waals surface area contributed by atoms with Gasteiger partial charge in [-0.05, 0) is 87.3 Å². The van der Waals surface area contributed by atoms with E-state index in [0.29, 0.717) is 11.8 Å². The molecule has 2 saturated carbocycles. The maximum atomic E-state index is 12.0. The number of hydrogen-bond donors (Lipinski definition) is 2. The summed E-state index contributed by atoms with van der Waals surface area (Å²) in [5.74, 6) is 2.92. The van der Waals surface area contributed by atoms with Gasteiger partial charge in [-0.1, -0.05) is 38.8 Å². The van der Waals surface area contributed by atoms with Gasteiger partial charge in [0.15, 0.2) is 0 Å². The molecule has 2 fully saturated rings. The van der Waals surface area contributed by atoms with Crippen LogP contribution in [-0.4, -0.2) is 26.3 Å². The molecular formula is C24H40N2O2S. The average molecular weight is 421 g/mol. The zero-order chi connectivity index (χ0) is 21.0. The Hall–Kier alpha value is -1.07. The number of sulfonamides is 1. The van der Waals surface area contributed by atoms with E-state index in [9.17, 15) is 8.42 Å². The third-order valence-corrected chi connectivity index (χ3v) is 9.34. The second-order valence-electron chi connectivity index (χ2n) is 9.81. The number of benzene rings is 1. The van der Waals surface area contributed by atoms with Crippen molar-refractivity contribution in [1.29, 1.82) is 0 Å². The Kier molecular flexibility index (Phi) is 7.66. The quantitative estimate of drug-likeness (QED) is 0.610. The Morgan fingerprint density at radius 3 is 2.24 bits per heavy atom. The van der Waals surface area contributed by atoms with E-state index in [1.165, 1.54) is 30.5 Å². The number of hydrogen-bond acceptors (Lipinski definition) is 3. The molecule has 0 spiro atoms. The summed E-state index contributed by atoms with van der Waals surface area (Å²) >= 11 is 0. The van der Waals surface area contributed by atoms with Crippen LogP contribution in [0.15, 0.2) is 24.3 Å². The predicted molar refractivity (Wildman–Crippen MR) is 123 cm³/mol. The highest BCUT2D eigenvalue weighted by molar-refractivity contribution is 7.90. The van der Waals surface area contributed by atoms with E-state index in [-0.39, 0.29) is 11.3 Å². The molecular weight excluding hydrogens is 380 g/mol. The van der Waals surface area contributed by atoms with Crippen LogP contribution in [0.2, 0.25) is 0 Å². The van der Waals surface area contributed by atoms with Gasteiger partial charge in [-0.15, -0.1) is 0 Å². The van der Waals surface area contributed by atoms with Crippen molar-refractivity contribution in [3.05, 3.63) is 29.8 Å². The number of anilines is 1. The topological polar surface area (TPSA) is 58.2 Å². The molecule has 2 N–H and O–H groups in total. The van der Waals surface area contributed by atoms with Gasteiger partial charge in [0, 0.05) is 18.3 Å². The molecule has 3 atom stereocenters. The summed E-state index contributed by atoms with van der Waals surface area (Å²) < 4.78 is 27.0. The van der Waals surface area contributed by atoms with Crippen molar-refractivity contribution >= 4 is 15.7 Å². The summed E-state index contributed by atoms with van der Waals surface area (Å²) in [5, 5.41) is 3.25. The first-order valence-corrected chi connectivity index (χ1v) is 13.2. The van der Waals surface area contributed by atoms with Crippen LogP contribution >= 0.6 is 0 Å². The second kappa shape index (κ2) is 9.82. The van der Waals surface area contributed by atoms with Crippen molar-refractivity contribution in [3.8, 4) is 0 Å². The summed E-state index contributed by atoms with van der Waals surface area (Å²) in [5.41, 5.74) is 2.69. The third kappa shape index (κ3) is 5.97. The monoisotopic (exact) mass is 420 g/mol. The normalized spacial score (nSPS) is 31.0. The summed E-state index contributed by atoms with van der Waals surface area (Å²) in [4.78, 5) is 0. The van der Waals surface area contributed by atoms with Gasteiger partial charge in [0.05, 0.1) is 5.25 Å². The molecule has 29 heavy (non-hydrogen) atoms. The van der Waals surface area contributed by atoms with Crippen molar-refractivity contribution in [3.63, 3.8) is 0 Å². The molecule has 0 bridgehead atoms. The lowest BCUT2D eigenvalue weighted by atomic mass is 9.71. The molecule has 0 saturated heterocycles. The number of rotatable bonds is 7. The minimum absolute atomic E-state index is 0.109. The number of nitrogens with one attached hydrogen (secondary N) is 2. The highest BCUT2D eigenvalue weighted by Crippen LogP contribution is 2.41. The fraction of sp³-hybridized carbons (Fsp3) is 0.750. The summed E-state index contributed by atoms with van der Waals surface area (Å²) in [6.45, 7) is 9.25. The molecule has 5 heteroatoms. The maximum Gasteiger partial charge on any atom is 0.214 e. The zero-order valence-corrected chi connectivity index (χ0v) is 19.5. The lowest BCUT2D eigenvalue weighted by molar-refractivity contribution is 0.238. The first kappa shape index (κ1) is 22.6. The van der Waals surface area contributed by atoms with E-state index in [0.717, 1.165) is 44.1 Å². The molecule has 0 aliphatic heterocycles. The Morgan fingerprint density at radius 2 is 1.62 bits per heavy atom. The van der Waals surface area contributed by atoms with Crippen molar-refractivity contribution in [2.75, 3.05) is 11.9 Å². The lowest BCUT2D eigenvalue weighted by Gasteiger charge is -2.34. The Morgan fingerprint density at radius 1 is 0.966 bits per heavy atom. The van der Waals surface area contributed by atoms with Crippen LogP contribution < -0.4 is 10.0 Å². The molecule has 0 aromatic heterocycles. The van der Waals surface area contributed by atoms with Gasteiger partial charge in [0.2, 0.25) is 10.0 Å². The highest BCUT2D eigenvalue weighted by Gasteiger charge is 2.28. The van der Waals surface area contributed by atoms with Gasteiger partial charge >= 0.3 is 0 Å². The smallest absolute Gasteiger partial charge is 0.214 e. The van der Waals surface area contributed by atoms with E-state index < -0.39 is 10.0 Å². The molecule has 0 heterocycles. The fourth-order valence-corrected chi connectivity index (χ4v) is 5.99. The predicted octanol–water partition coefficient (Wildman–Crippen LogP) is 5.52. The van der Waals surface area contributed by atoms with Crippen LogP contribution in [0.1, 0.15) is 84.1 Å². The van der Waals surface area contributed by atoms with Crippen molar-refractivity contribution in [1.82, 2.24) is 4.72 Å². The van der Waals surface area contributed by atoms with Crippen LogP contribution in [0.5, 0.6) is 0 Å². The van der Waals surface area contributed by atoms with Gasteiger partial charge in [-0.2, -0.15) is 0 Å². The van der Waals surface area contributed by atoms with Crippen molar-refractivity contribution < 1.29 is 8.42 Å². The second-order valence-corrected chi connectivity index (χ2v) is 12.1. The van der Waals surface area contributed by atoms with Crippen molar-refractivity contribution in [2.45, 2.75) is 89.9 Å². The molecule has 1 aromatic rings. The molecule has 0 amide bonds. The average Bonchev–Trinajstić information content (AvgIpc) is 2.70. The van der Waals surface area contributed by atoms with Gasteiger partial charge in [-0.3, -0.25) is 0 Å². The van der Waals surface area contributed by atoms with Gasteiger partial charge in [0.25, 0.3) is 0 Å². The standard InChI is InChI=1S/C24H40N2O2S/c1-17(2)29(27,28)26-23-12-8-20(9-13-23)16-25-22-14-10-21(11-15-22)24-7-5-6-18(3)19(24)4/h10-11,14-15,17-20,23-26H,5-9,12-13,16H2,1-4H3/t18?,19?,20-,23-,24?. The van der Waals surface area contributed by atoms with Crippen LogP contribution in [0.4, 0.5) is 5.69 Å². The molecule has 3 unspecified atom stereocenters. The molecule has 4 nitrogen and oxygen atoms in total. The molecule has 2 aliphatic rings. The molecule has 3 rings (SSSR count). The minimum atomic E-state index is -3.16. The van der Waals surface area contributed by atoms with E-state index in [1.54, 1.807) is 13.8 Å². The summed E-state index contributed by atoms with van der Waals surface area (Å²) in [6.07, 6.45) is 8.08. The lowest BCUT2D eigenvalue weighted by Crippen LogP contribution is -2.41. The summed E-state index contributed by atoms with van der Waals surface area (Å²) in [6, 6.07) is 9.23. The highest BCUT2D eigenvalue weighted by atomic mass is 32.2. The Bertz CT molecular complexity index is 737. The molecule has 0 radical (unpaired) electrons. The van der Waals surface area contributed by atoms with Crippen LogP contribution in [0.25, 0.3) is 0 Å². The van der Waals surface area contributed by atoms with E-state index in [2.05, 4.69) is 48.2 Å². The fourth-order valence-electron chi connectivity index (χ4n) is 5.02. The summed E-state index contributed by atoms with van der Waals surface area (Å²) in [7, 11) is -3.16. The van der Waals surface area contributed by atoms with Gasteiger partial charge < -0.3 is 5.32 Å². The van der Waals surface area contributed by atoms with Crippen LogP contribution in [0, 0.1) is 17.8 Å². The largest absolute Gasteiger partial charge is 0.385 e. The third-order valence-electron chi connectivity index (χ3n) is 7.44. The molecule has 1 aromatic carbocycles. The molecule has 164 valence electrons. The minimum Gasteiger partial charge on any atom is -0.385 e. The Labute approximate surface area is 178 Å². The zero-order valence-electron chi connectivity index (χ0n) is 18.7. The Balaban J connectivity index is 1.44. The van der Waals surface area contributed by atoms with E-state index in [1.807, 2.05) is 0 Å². The molecule has 2 aliphatic carbocycles. The van der Waals surface area contributed by atoms with Crippen LogP contribution in [-0.2, 0) is 10.0 Å². The van der Waals surface area contributed by atoms with Gasteiger partial charge in [0.1, 0.15) is 0 Å². The SMILES string of the molecule is CC1CCCC(c2ccc(NC[C@H]3CC[C@H](NS(=O)(=O)C(C)C)CC3)cc2)C1C.